The molecule has 2 rings (SSSR count). The predicted octanol–water partition coefficient (Wildman–Crippen LogP) is 3.30. The lowest BCUT2D eigenvalue weighted by Gasteiger charge is -2.04. The first-order valence-electron chi connectivity index (χ1n) is 6.90. The number of anilines is 1. The first-order chi connectivity index (χ1) is 11.7. The summed E-state index contributed by atoms with van der Waals surface area (Å²) in [7, 11) is -3.38. The van der Waals surface area contributed by atoms with Crippen molar-refractivity contribution in [2.24, 2.45) is 0 Å². The molecule has 9 heteroatoms. The highest BCUT2D eigenvalue weighted by molar-refractivity contribution is 7.90. The number of hydrogen-bond acceptors (Lipinski definition) is 5. The summed E-state index contributed by atoms with van der Waals surface area (Å²) in [4.78, 5) is 22.2. The summed E-state index contributed by atoms with van der Waals surface area (Å²) < 4.78 is 23.0. The van der Waals surface area contributed by atoms with Gasteiger partial charge in [0.15, 0.2) is 9.84 Å². The van der Waals surface area contributed by atoms with Gasteiger partial charge in [-0.15, -0.1) is 0 Å². The van der Waals surface area contributed by atoms with Gasteiger partial charge in [0.25, 0.3) is 5.69 Å². The first-order valence-corrected chi connectivity index (χ1v) is 9.17. The Morgan fingerprint density at radius 3 is 2.60 bits per heavy atom. The normalized spacial score (nSPS) is 11.4. The van der Waals surface area contributed by atoms with Gasteiger partial charge in [0.1, 0.15) is 5.02 Å². The molecule has 0 saturated heterocycles. The molecule has 1 amide bonds. The van der Waals surface area contributed by atoms with E-state index in [4.69, 9.17) is 11.6 Å². The number of nitro groups is 1. The minimum absolute atomic E-state index is 0.00388. The van der Waals surface area contributed by atoms with E-state index in [0.717, 1.165) is 6.26 Å². The average Bonchev–Trinajstić information content (AvgIpc) is 2.53. The largest absolute Gasteiger partial charge is 0.322 e. The van der Waals surface area contributed by atoms with Crippen molar-refractivity contribution in [1.82, 2.24) is 0 Å². The molecule has 25 heavy (non-hydrogen) atoms. The Morgan fingerprint density at radius 1 is 1.24 bits per heavy atom. The molecule has 0 atom stereocenters. The van der Waals surface area contributed by atoms with Gasteiger partial charge in [-0.2, -0.15) is 0 Å². The SMILES string of the molecule is CS(=O)(=O)c1cccc(NC(=O)/C=C/c2ccc(Cl)c([N+](=O)[O-])c2)c1. The number of halogens is 1. The van der Waals surface area contributed by atoms with E-state index < -0.39 is 20.7 Å². The second-order valence-electron chi connectivity index (χ2n) is 5.09. The summed E-state index contributed by atoms with van der Waals surface area (Å²) in [5.74, 6) is -0.511. The molecule has 0 aliphatic heterocycles. The van der Waals surface area contributed by atoms with Crippen LogP contribution < -0.4 is 5.32 Å². The summed E-state index contributed by atoms with van der Waals surface area (Å²) in [5, 5.41) is 13.4. The van der Waals surface area contributed by atoms with E-state index >= 15 is 0 Å². The number of hydrogen-bond donors (Lipinski definition) is 1. The van der Waals surface area contributed by atoms with E-state index in [1.807, 2.05) is 0 Å². The van der Waals surface area contributed by atoms with Gasteiger partial charge < -0.3 is 5.32 Å². The standard InChI is InChI=1S/C16H13ClN2O5S/c1-25(23,24)13-4-2-3-12(10-13)18-16(20)8-6-11-5-7-14(17)15(9-11)19(21)22/h2-10H,1H3,(H,18,20)/b8-6+. The molecular formula is C16H13ClN2O5S. The number of nitrogens with zero attached hydrogens (tertiary/aromatic N) is 1. The van der Waals surface area contributed by atoms with Crippen molar-refractivity contribution < 1.29 is 18.1 Å². The molecule has 0 spiro atoms. The van der Waals surface area contributed by atoms with E-state index in [0.29, 0.717) is 11.3 Å². The summed E-state index contributed by atoms with van der Waals surface area (Å²) in [6, 6.07) is 9.97. The first kappa shape index (κ1) is 18.6. The topological polar surface area (TPSA) is 106 Å². The van der Waals surface area contributed by atoms with Gasteiger partial charge in [-0.05, 0) is 35.9 Å². The third kappa shape index (κ3) is 5.13. The second kappa shape index (κ2) is 7.45. The van der Waals surface area contributed by atoms with E-state index in [1.54, 1.807) is 6.07 Å². The number of sulfone groups is 1. The monoisotopic (exact) mass is 380 g/mol. The molecule has 0 radical (unpaired) electrons. The van der Waals surface area contributed by atoms with Gasteiger partial charge in [-0.1, -0.05) is 23.7 Å². The van der Waals surface area contributed by atoms with Gasteiger partial charge in [0, 0.05) is 24.1 Å². The third-order valence-electron chi connectivity index (χ3n) is 3.12. The lowest BCUT2D eigenvalue weighted by Crippen LogP contribution is -2.08. The summed E-state index contributed by atoms with van der Waals surface area (Å²) in [6.45, 7) is 0. The Labute approximate surface area is 149 Å². The van der Waals surface area contributed by atoms with E-state index in [1.165, 1.54) is 48.6 Å². The molecule has 2 aromatic carbocycles. The quantitative estimate of drug-likeness (QED) is 0.486. The highest BCUT2D eigenvalue weighted by Crippen LogP contribution is 2.25. The van der Waals surface area contributed by atoms with Crippen LogP contribution in [0.15, 0.2) is 53.4 Å². The Morgan fingerprint density at radius 2 is 1.96 bits per heavy atom. The van der Waals surface area contributed by atoms with Crippen LogP contribution in [-0.2, 0) is 14.6 Å². The van der Waals surface area contributed by atoms with Crippen molar-refractivity contribution in [3.8, 4) is 0 Å². The maximum absolute atomic E-state index is 11.9. The Balaban J connectivity index is 2.14. The van der Waals surface area contributed by atoms with Gasteiger partial charge in [0.05, 0.1) is 9.82 Å². The summed E-state index contributed by atoms with van der Waals surface area (Å²) in [5.41, 5.74) is 0.487. The third-order valence-corrected chi connectivity index (χ3v) is 4.55. The molecule has 0 aromatic heterocycles. The number of nitro benzene ring substituents is 1. The van der Waals surface area contributed by atoms with Gasteiger partial charge in [-0.3, -0.25) is 14.9 Å². The van der Waals surface area contributed by atoms with Crippen LogP contribution >= 0.6 is 11.6 Å². The van der Waals surface area contributed by atoms with Gasteiger partial charge in [0.2, 0.25) is 5.91 Å². The van der Waals surface area contributed by atoms with Crippen LogP contribution in [0, 0.1) is 10.1 Å². The van der Waals surface area contributed by atoms with Crippen molar-refractivity contribution in [2.45, 2.75) is 4.90 Å². The van der Waals surface area contributed by atoms with Crippen LogP contribution in [0.2, 0.25) is 5.02 Å². The summed E-state index contributed by atoms with van der Waals surface area (Å²) >= 11 is 5.72. The van der Waals surface area contributed by atoms with Crippen LogP contribution in [0.3, 0.4) is 0 Å². The van der Waals surface area contributed by atoms with Crippen molar-refractivity contribution in [2.75, 3.05) is 11.6 Å². The van der Waals surface area contributed by atoms with E-state index in [-0.39, 0.29) is 15.6 Å². The fourth-order valence-electron chi connectivity index (χ4n) is 1.93. The molecule has 0 aliphatic rings. The lowest BCUT2D eigenvalue weighted by molar-refractivity contribution is -0.384. The van der Waals surface area contributed by atoms with Crippen LogP contribution in [-0.4, -0.2) is 25.5 Å². The maximum atomic E-state index is 11.9. The van der Waals surface area contributed by atoms with Crippen molar-refractivity contribution >= 4 is 44.8 Å². The fourth-order valence-corrected chi connectivity index (χ4v) is 2.79. The zero-order valence-corrected chi connectivity index (χ0v) is 14.5. The molecule has 1 N–H and O–H groups in total. The molecule has 0 unspecified atom stereocenters. The Bertz CT molecular complexity index is 970. The van der Waals surface area contributed by atoms with Crippen molar-refractivity contribution in [3.05, 3.63) is 69.2 Å². The average molecular weight is 381 g/mol. The number of nitrogens with one attached hydrogen (secondary N) is 1. The highest BCUT2D eigenvalue weighted by Gasteiger charge is 2.12. The van der Waals surface area contributed by atoms with Gasteiger partial charge >= 0.3 is 0 Å². The maximum Gasteiger partial charge on any atom is 0.288 e. The minimum Gasteiger partial charge on any atom is -0.322 e. The molecule has 0 heterocycles. The Hall–Kier alpha value is -2.71. The lowest BCUT2D eigenvalue weighted by atomic mass is 10.2. The fraction of sp³-hybridized carbons (Fsp3) is 0.0625. The van der Waals surface area contributed by atoms with Crippen LogP contribution in [0.1, 0.15) is 5.56 Å². The smallest absolute Gasteiger partial charge is 0.288 e. The van der Waals surface area contributed by atoms with Crippen LogP contribution in [0.25, 0.3) is 6.08 Å². The zero-order valence-electron chi connectivity index (χ0n) is 13.0. The van der Waals surface area contributed by atoms with E-state index in [2.05, 4.69) is 5.32 Å². The number of carbonyl (C=O) groups excluding carboxylic acids is 1. The summed E-state index contributed by atoms with van der Waals surface area (Å²) in [6.07, 6.45) is 3.64. The molecule has 7 nitrogen and oxygen atoms in total. The van der Waals surface area contributed by atoms with Crippen LogP contribution in [0.4, 0.5) is 11.4 Å². The minimum atomic E-state index is -3.38. The van der Waals surface area contributed by atoms with Crippen molar-refractivity contribution in [1.29, 1.82) is 0 Å². The molecule has 0 fully saturated rings. The zero-order chi connectivity index (χ0) is 18.6. The molecule has 0 saturated carbocycles. The molecule has 130 valence electrons. The Kier molecular flexibility index (Phi) is 5.55. The van der Waals surface area contributed by atoms with Crippen LogP contribution in [0.5, 0.6) is 0 Å². The molecule has 0 bridgehead atoms. The number of amides is 1. The predicted molar refractivity (Wildman–Crippen MR) is 95.3 cm³/mol. The van der Waals surface area contributed by atoms with Crippen molar-refractivity contribution in [3.63, 3.8) is 0 Å². The number of rotatable bonds is 5. The molecule has 0 aliphatic carbocycles. The molecule has 2 aromatic rings. The second-order valence-corrected chi connectivity index (χ2v) is 7.51. The number of carbonyl (C=O) groups is 1. The van der Waals surface area contributed by atoms with Gasteiger partial charge in [-0.25, -0.2) is 8.42 Å². The number of benzene rings is 2. The highest BCUT2D eigenvalue weighted by atomic mass is 35.5. The molecular weight excluding hydrogens is 368 g/mol. The van der Waals surface area contributed by atoms with E-state index in [9.17, 15) is 23.3 Å².